The van der Waals surface area contributed by atoms with Crippen LogP contribution in [0.1, 0.15) is 148 Å². The van der Waals surface area contributed by atoms with E-state index in [1.54, 1.807) is 0 Å². The van der Waals surface area contributed by atoms with Gasteiger partial charge in [0.05, 0.1) is 0 Å². The average Bonchev–Trinajstić information content (AvgIpc) is 2.95. The van der Waals surface area contributed by atoms with Crippen LogP contribution in [-0.2, 0) is 21.7 Å². The first-order valence-corrected chi connectivity index (χ1v) is 18.2. The van der Waals surface area contributed by atoms with Crippen LogP contribution >= 0.6 is 8.60 Å². The molecule has 45 heavy (non-hydrogen) atoms. The Balaban J connectivity index is 2.89. The van der Waals surface area contributed by atoms with Gasteiger partial charge in [-0.1, -0.05) is 119 Å². The average molecular weight is 633 g/mol. The molecule has 0 saturated heterocycles. The Bertz CT molecular complexity index is 1520. The first-order valence-electron chi connectivity index (χ1n) is 17.0. The topological polar surface area (TPSA) is 49.7 Å². The summed E-state index contributed by atoms with van der Waals surface area (Å²) >= 11 is 0. The molecule has 0 radical (unpaired) electrons. The third kappa shape index (κ3) is 6.93. The van der Waals surface area contributed by atoms with Crippen molar-refractivity contribution >= 4 is 8.60 Å². The molecule has 4 heteroatoms. The highest BCUT2D eigenvalue weighted by Gasteiger charge is 2.40. The summed E-state index contributed by atoms with van der Waals surface area (Å²) in [6.07, 6.45) is 3.80. The second kappa shape index (κ2) is 13.5. The zero-order valence-electron chi connectivity index (χ0n) is 31.0. The van der Waals surface area contributed by atoms with Crippen LogP contribution in [0.3, 0.4) is 0 Å². The highest BCUT2D eigenvalue weighted by molar-refractivity contribution is 7.39. The van der Waals surface area contributed by atoms with Crippen LogP contribution in [-0.4, -0.2) is 9.79 Å². The largest absolute Gasteiger partial charge is 0.426 e. The number of hydrogen-bond acceptors (Lipinski definition) is 3. The SMILES string of the molecule is CCC(C)(C)c1c(C)cccc1-c1c(C)c(C(C)(C)CC)c(-c2cccc(C)c2C(C)(C)CC)c(C(C)(C)CC)c1OP(O)O. The maximum absolute atomic E-state index is 10.7. The van der Waals surface area contributed by atoms with E-state index in [1.807, 2.05) is 0 Å². The van der Waals surface area contributed by atoms with Gasteiger partial charge in [0.2, 0.25) is 0 Å². The smallest absolute Gasteiger partial charge is 0.391 e. The number of hydrogen-bond donors (Lipinski definition) is 2. The predicted molar refractivity (Wildman–Crippen MR) is 197 cm³/mol. The Morgan fingerprint density at radius 2 is 0.889 bits per heavy atom. The molecule has 3 rings (SSSR count). The zero-order chi connectivity index (χ0) is 34.3. The minimum absolute atomic E-state index is 0.0645. The Labute approximate surface area is 276 Å². The van der Waals surface area contributed by atoms with Crippen molar-refractivity contribution in [2.24, 2.45) is 0 Å². The quantitative estimate of drug-likeness (QED) is 0.195. The van der Waals surface area contributed by atoms with Gasteiger partial charge in [0.1, 0.15) is 5.75 Å². The Morgan fingerprint density at radius 1 is 0.533 bits per heavy atom. The lowest BCUT2D eigenvalue weighted by atomic mass is 9.65. The van der Waals surface area contributed by atoms with Gasteiger partial charge in [0, 0.05) is 11.1 Å². The summed E-state index contributed by atoms with van der Waals surface area (Å²) in [5.41, 5.74) is 12.6. The number of aryl methyl sites for hydroxylation is 2. The molecule has 0 aliphatic rings. The van der Waals surface area contributed by atoms with E-state index in [2.05, 4.69) is 140 Å². The molecule has 2 N–H and O–H groups in total. The van der Waals surface area contributed by atoms with Gasteiger partial charge in [-0.15, -0.1) is 0 Å². The normalized spacial score (nSPS) is 13.1. The van der Waals surface area contributed by atoms with Gasteiger partial charge in [-0.05, 0) is 118 Å². The molecule has 3 aromatic carbocycles. The molecule has 0 unspecified atom stereocenters. The van der Waals surface area contributed by atoms with Crippen molar-refractivity contribution in [2.45, 2.75) is 151 Å². The first kappa shape index (κ1) is 37.3. The third-order valence-corrected chi connectivity index (χ3v) is 11.5. The van der Waals surface area contributed by atoms with Gasteiger partial charge < -0.3 is 14.3 Å². The fraction of sp³-hybridized carbons (Fsp3) is 0.561. The highest BCUT2D eigenvalue weighted by atomic mass is 31.2. The summed E-state index contributed by atoms with van der Waals surface area (Å²) in [5.74, 6) is 0.613. The second-order valence-corrected chi connectivity index (χ2v) is 16.4. The van der Waals surface area contributed by atoms with E-state index in [0.717, 1.165) is 47.9 Å². The van der Waals surface area contributed by atoms with Gasteiger partial charge in [0.25, 0.3) is 0 Å². The van der Waals surface area contributed by atoms with E-state index in [4.69, 9.17) is 4.52 Å². The summed E-state index contributed by atoms with van der Waals surface area (Å²) in [7, 11) is -2.68. The van der Waals surface area contributed by atoms with Crippen LogP contribution in [0, 0.1) is 20.8 Å². The van der Waals surface area contributed by atoms with E-state index in [9.17, 15) is 9.79 Å². The molecule has 0 spiro atoms. The summed E-state index contributed by atoms with van der Waals surface area (Å²) in [6.45, 7) is 34.3. The number of benzene rings is 3. The van der Waals surface area contributed by atoms with Crippen molar-refractivity contribution in [2.75, 3.05) is 0 Å². The van der Waals surface area contributed by atoms with Crippen molar-refractivity contribution < 1.29 is 14.3 Å². The summed E-state index contributed by atoms with van der Waals surface area (Å²) in [4.78, 5) is 21.3. The van der Waals surface area contributed by atoms with Crippen molar-refractivity contribution in [3.8, 4) is 28.0 Å². The fourth-order valence-corrected chi connectivity index (χ4v) is 7.71. The predicted octanol–water partition coefficient (Wildman–Crippen LogP) is 12.3. The van der Waals surface area contributed by atoms with E-state index in [-0.39, 0.29) is 21.7 Å². The molecule has 0 heterocycles. The Hall–Kier alpha value is -2.19. The van der Waals surface area contributed by atoms with Crippen LogP contribution < -0.4 is 4.52 Å². The molecule has 0 aromatic heterocycles. The summed E-state index contributed by atoms with van der Waals surface area (Å²) in [5, 5.41) is 0. The summed E-state index contributed by atoms with van der Waals surface area (Å²) < 4.78 is 6.36. The molecule has 0 fully saturated rings. The third-order valence-electron chi connectivity index (χ3n) is 11.2. The minimum atomic E-state index is -2.68. The van der Waals surface area contributed by atoms with Gasteiger partial charge in [-0.3, -0.25) is 0 Å². The zero-order valence-corrected chi connectivity index (χ0v) is 31.9. The molecule has 248 valence electrons. The van der Waals surface area contributed by atoms with Gasteiger partial charge in [-0.25, -0.2) is 0 Å². The minimum Gasteiger partial charge on any atom is -0.426 e. The van der Waals surface area contributed by atoms with Crippen molar-refractivity contribution in [1.29, 1.82) is 0 Å². The number of rotatable bonds is 12. The van der Waals surface area contributed by atoms with E-state index in [1.165, 1.54) is 38.9 Å². The second-order valence-electron chi connectivity index (χ2n) is 15.7. The van der Waals surface area contributed by atoms with E-state index >= 15 is 0 Å². The Morgan fingerprint density at radius 3 is 1.27 bits per heavy atom. The standard InChI is InChI=1S/C41H61O3P/c1-16-38(8,9)33-26(5)22-20-24-29(33)31-28(7)35(40(12,13)18-3)32(36(41(14,15)19-4)37(31)44-45(42)43)30-25-21-23-27(6)34(30)39(10,11)17-2/h20-25,42-43H,16-19H2,1-15H3. The van der Waals surface area contributed by atoms with E-state index < -0.39 is 8.60 Å². The molecule has 3 aromatic rings. The van der Waals surface area contributed by atoms with Crippen LogP contribution in [0.15, 0.2) is 36.4 Å². The molecule has 0 aliphatic heterocycles. The summed E-state index contributed by atoms with van der Waals surface area (Å²) in [6, 6.07) is 13.3. The van der Waals surface area contributed by atoms with Gasteiger partial charge in [0.15, 0.2) is 0 Å². The lowest BCUT2D eigenvalue weighted by Gasteiger charge is -2.40. The fourth-order valence-electron chi connectivity index (χ4n) is 7.36. The van der Waals surface area contributed by atoms with E-state index in [0.29, 0.717) is 5.75 Å². The van der Waals surface area contributed by atoms with Gasteiger partial charge >= 0.3 is 8.60 Å². The monoisotopic (exact) mass is 632 g/mol. The molecular formula is C41H61O3P. The molecule has 0 bridgehead atoms. The molecule has 3 nitrogen and oxygen atoms in total. The molecule has 0 aliphatic carbocycles. The van der Waals surface area contributed by atoms with Crippen LogP contribution in [0.2, 0.25) is 0 Å². The van der Waals surface area contributed by atoms with Crippen molar-refractivity contribution in [3.05, 3.63) is 75.3 Å². The molecule has 0 saturated carbocycles. The van der Waals surface area contributed by atoms with Crippen molar-refractivity contribution in [3.63, 3.8) is 0 Å². The van der Waals surface area contributed by atoms with Gasteiger partial charge in [-0.2, -0.15) is 0 Å². The maximum atomic E-state index is 10.7. The van der Waals surface area contributed by atoms with Crippen LogP contribution in [0.4, 0.5) is 0 Å². The Kier molecular flexibility index (Phi) is 11.2. The molecular weight excluding hydrogens is 571 g/mol. The lowest BCUT2D eigenvalue weighted by molar-refractivity contribution is 0.367. The van der Waals surface area contributed by atoms with Crippen molar-refractivity contribution in [1.82, 2.24) is 0 Å². The molecule has 0 atom stereocenters. The molecule has 0 amide bonds. The maximum Gasteiger partial charge on any atom is 0.391 e. The van der Waals surface area contributed by atoms with Crippen LogP contribution in [0.25, 0.3) is 22.3 Å². The lowest BCUT2D eigenvalue weighted by Crippen LogP contribution is -2.27. The highest BCUT2D eigenvalue weighted by Crippen LogP contribution is 2.57. The first-order chi connectivity index (χ1) is 20.7. The van der Waals surface area contributed by atoms with Crippen LogP contribution in [0.5, 0.6) is 5.75 Å².